The maximum atomic E-state index is 12.6. The number of rotatable bonds is 9. The Balaban J connectivity index is 2.00. The van der Waals surface area contributed by atoms with E-state index < -0.39 is 6.04 Å². The third kappa shape index (κ3) is 6.32. The van der Waals surface area contributed by atoms with Crippen molar-refractivity contribution in [2.45, 2.75) is 25.9 Å². The number of carbonyl (C=O) groups is 2. The summed E-state index contributed by atoms with van der Waals surface area (Å²) in [6.07, 6.45) is 2.55. The summed E-state index contributed by atoms with van der Waals surface area (Å²) in [5.74, 6) is 1.02. The Morgan fingerprint density at radius 2 is 1.81 bits per heavy atom. The van der Waals surface area contributed by atoms with Gasteiger partial charge < -0.3 is 15.4 Å². The Bertz CT molecular complexity index is 762. The van der Waals surface area contributed by atoms with E-state index in [9.17, 15) is 9.59 Å². The molecule has 0 unspecified atom stereocenters. The van der Waals surface area contributed by atoms with Crippen LogP contribution in [0, 0.1) is 6.92 Å². The molecule has 0 aliphatic heterocycles. The van der Waals surface area contributed by atoms with E-state index in [0.717, 1.165) is 16.9 Å². The Kier molecular flexibility index (Phi) is 8.20. The molecule has 6 heteroatoms. The average Bonchev–Trinajstić information content (AvgIpc) is 2.70. The van der Waals surface area contributed by atoms with Gasteiger partial charge in [-0.3, -0.25) is 9.59 Å². The van der Waals surface area contributed by atoms with Gasteiger partial charge in [-0.05, 0) is 60.7 Å². The number of benzene rings is 2. The largest absolute Gasteiger partial charge is 0.497 e. The molecular formula is C21H26N2O3S. The molecule has 1 atom stereocenters. The molecule has 2 aromatic carbocycles. The second-order valence-electron chi connectivity index (χ2n) is 6.18. The first kappa shape index (κ1) is 20.8. The molecule has 0 saturated carbocycles. The van der Waals surface area contributed by atoms with E-state index in [1.54, 1.807) is 43.1 Å². The number of amides is 2. The molecule has 27 heavy (non-hydrogen) atoms. The van der Waals surface area contributed by atoms with Crippen LogP contribution in [0.3, 0.4) is 0 Å². The number of methoxy groups -OCH3 is 1. The standard InChI is InChI=1S/C21H26N2O3S/c1-15-6-4-5-7-17(15)14-22-21(25)19(12-13-27-3)23-20(24)16-8-10-18(26-2)11-9-16/h4-11,19H,12-14H2,1-3H3,(H,22,25)(H,23,24)/t19-/m1/s1. The zero-order valence-electron chi connectivity index (χ0n) is 16.0. The number of carbonyl (C=O) groups excluding carboxylic acids is 2. The van der Waals surface area contributed by atoms with E-state index in [2.05, 4.69) is 10.6 Å². The van der Waals surface area contributed by atoms with E-state index >= 15 is 0 Å². The molecule has 2 rings (SSSR count). The number of ether oxygens (including phenoxy) is 1. The lowest BCUT2D eigenvalue weighted by atomic mass is 10.1. The summed E-state index contributed by atoms with van der Waals surface area (Å²) in [5, 5.41) is 5.79. The molecule has 0 aromatic heterocycles. The number of hydrogen-bond acceptors (Lipinski definition) is 4. The highest BCUT2D eigenvalue weighted by Gasteiger charge is 2.21. The SMILES string of the molecule is COc1ccc(C(=O)N[C@H](CCSC)C(=O)NCc2ccccc2C)cc1. The summed E-state index contributed by atoms with van der Waals surface area (Å²) in [4.78, 5) is 25.2. The van der Waals surface area contributed by atoms with Gasteiger partial charge in [-0.25, -0.2) is 0 Å². The molecule has 2 N–H and O–H groups in total. The molecule has 0 spiro atoms. The summed E-state index contributed by atoms with van der Waals surface area (Å²) in [7, 11) is 1.58. The van der Waals surface area contributed by atoms with Gasteiger partial charge in [-0.1, -0.05) is 24.3 Å². The van der Waals surface area contributed by atoms with Crippen LogP contribution in [-0.2, 0) is 11.3 Å². The van der Waals surface area contributed by atoms with Crippen molar-refractivity contribution >= 4 is 23.6 Å². The Hall–Kier alpha value is -2.47. The van der Waals surface area contributed by atoms with Crippen molar-refractivity contribution in [3.8, 4) is 5.75 Å². The molecule has 0 aliphatic carbocycles. The molecule has 0 fully saturated rings. The second-order valence-corrected chi connectivity index (χ2v) is 7.17. The van der Waals surface area contributed by atoms with Gasteiger partial charge in [0, 0.05) is 12.1 Å². The van der Waals surface area contributed by atoms with Gasteiger partial charge in [-0.2, -0.15) is 11.8 Å². The summed E-state index contributed by atoms with van der Waals surface area (Å²) < 4.78 is 5.11. The fourth-order valence-electron chi connectivity index (χ4n) is 2.60. The molecule has 0 bridgehead atoms. The number of hydrogen-bond donors (Lipinski definition) is 2. The highest BCUT2D eigenvalue weighted by molar-refractivity contribution is 7.98. The fraction of sp³-hybridized carbons (Fsp3) is 0.333. The summed E-state index contributed by atoms with van der Waals surface area (Å²) in [6, 6.07) is 14.2. The normalized spacial score (nSPS) is 11.5. The van der Waals surface area contributed by atoms with Crippen LogP contribution in [0.4, 0.5) is 0 Å². The monoisotopic (exact) mass is 386 g/mol. The lowest BCUT2D eigenvalue weighted by molar-refractivity contribution is -0.123. The van der Waals surface area contributed by atoms with Crippen molar-refractivity contribution in [1.29, 1.82) is 0 Å². The minimum absolute atomic E-state index is 0.172. The van der Waals surface area contributed by atoms with Gasteiger partial charge in [0.1, 0.15) is 11.8 Å². The van der Waals surface area contributed by atoms with E-state index in [1.807, 2.05) is 37.4 Å². The van der Waals surface area contributed by atoms with Crippen molar-refractivity contribution in [3.05, 3.63) is 65.2 Å². The van der Waals surface area contributed by atoms with Crippen molar-refractivity contribution in [3.63, 3.8) is 0 Å². The Morgan fingerprint density at radius 1 is 1.11 bits per heavy atom. The molecule has 144 valence electrons. The minimum Gasteiger partial charge on any atom is -0.497 e. The molecule has 5 nitrogen and oxygen atoms in total. The van der Waals surface area contributed by atoms with Gasteiger partial charge in [-0.15, -0.1) is 0 Å². The fourth-order valence-corrected chi connectivity index (χ4v) is 3.07. The third-order valence-corrected chi connectivity index (χ3v) is 4.94. The maximum absolute atomic E-state index is 12.6. The Labute approximate surface area is 164 Å². The first-order valence-electron chi connectivity index (χ1n) is 8.81. The van der Waals surface area contributed by atoms with Gasteiger partial charge in [0.2, 0.25) is 5.91 Å². The Morgan fingerprint density at radius 3 is 2.44 bits per heavy atom. The van der Waals surface area contributed by atoms with Crippen molar-refractivity contribution < 1.29 is 14.3 Å². The lowest BCUT2D eigenvalue weighted by Crippen LogP contribution is -2.46. The quantitative estimate of drug-likeness (QED) is 0.695. The molecule has 0 saturated heterocycles. The van der Waals surface area contributed by atoms with E-state index in [0.29, 0.717) is 24.3 Å². The van der Waals surface area contributed by atoms with Crippen LogP contribution < -0.4 is 15.4 Å². The lowest BCUT2D eigenvalue weighted by Gasteiger charge is -2.19. The maximum Gasteiger partial charge on any atom is 0.251 e. The minimum atomic E-state index is -0.573. The third-order valence-electron chi connectivity index (χ3n) is 4.30. The number of thioether (sulfide) groups is 1. The van der Waals surface area contributed by atoms with Crippen molar-refractivity contribution in [2.24, 2.45) is 0 Å². The van der Waals surface area contributed by atoms with Gasteiger partial charge in [0.05, 0.1) is 7.11 Å². The summed E-state index contributed by atoms with van der Waals surface area (Å²) in [5.41, 5.74) is 2.69. The van der Waals surface area contributed by atoms with Crippen LogP contribution in [-0.4, -0.2) is 37.0 Å². The molecule has 0 heterocycles. The number of aryl methyl sites for hydroxylation is 1. The molecule has 0 aliphatic rings. The molecule has 0 radical (unpaired) electrons. The van der Waals surface area contributed by atoms with Crippen LogP contribution in [0.2, 0.25) is 0 Å². The zero-order valence-corrected chi connectivity index (χ0v) is 16.8. The smallest absolute Gasteiger partial charge is 0.251 e. The molecule has 2 amide bonds. The summed E-state index contributed by atoms with van der Waals surface area (Å²) >= 11 is 1.64. The molecule has 2 aromatic rings. The first-order chi connectivity index (χ1) is 13.0. The van der Waals surface area contributed by atoms with Crippen LogP contribution in [0.25, 0.3) is 0 Å². The van der Waals surface area contributed by atoms with E-state index in [-0.39, 0.29) is 11.8 Å². The topological polar surface area (TPSA) is 67.4 Å². The van der Waals surface area contributed by atoms with Crippen LogP contribution in [0.15, 0.2) is 48.5 Å². The van der Waals surface area contributed by atoms with E-state index in [4.69, 9.17) is 4.74 Å². The van der Waals surface area contributed by atoms with Crippen LogP contribution in [0.5, 0.6) is 5.75 Å². The van der Waals surface area contributed by atoms with Gasteiger partial charge >= 0.3 is 0 Å². The predicted octanol–water partition coefficient (Wildman–Crippen LogP) is 3.17. The van der Waals surface area contributed by atoms with Gasteiger partial charge in [0.15, 0.2) is 0 Å². The van der Waals surface area contributed by atoms with E-state index in [1.165, 1.54) is 0 Å². The average molecular weight is 387 g/mol. The van der Waals surface area contributed by atoms with Gasteiger partial charge in [0.25, 0.3) is 5.91 Å². The van der Waals surface area contributed by atoms with Crippen molar-refractivity contribution in [1.82, 2.24) is 10.6 Å². The summed E-state index contributed by atoms with van der Waals surface area (Å²) in [6.45, 7) is 2.46. The first-order valence-corrected chi connectivity index (χ1v) is 10.2. The van der Waals surface area contributed by atoms with Crippen LogP contribution in [0.1, 0.15) is 27.9 Å². The highest BCUT2D eigenvalue weighted by atomic mass is 32.2. The van der Waals surface area contributed by atoms with Crippen molar-refractivity contribution in [2.75, 3.05) is 19.1 Å². The number of nitrogens with one attached hydrogen (secondary N) is 2. The van der Waals surface area contributed by atoms with Crippen LogP contribution >= 0.6 is 11.8 Å². The highest BCUT2D eigenvalue weighted by Crippen LogP contribution is 2.12. The predicted molar refractivity (Wildman–Crippen MR) is 110 cm³/mol. The zero-order chi connectivity index (χ0) is 19.6. The molecular weight excluding hydrogens is 360 g/mol. The second kappa shape index (κ2) is 10.6.